The van der Waals surface area contributed by atoms with E-state index in [2.05, 4.69) is 11.1 Å². The van der Waals surface area contributed by atoms with E-state index in [-0.39, 0.29) is 5.91 Å². The molecule has 2 aromatic rings. The fourth-order valence-corrected chi connectivity index (χ4v) is 1.98. The van der Waals surface area contributed by atoms with Gasteiger partial charge >= 0.3 is 0 Å². The van der Waals surface area contributed by atoms with E-state index in [9.17, 15) is 4.79 Å². The maximum Gasteiger partial charge on any atom is 0.258 e. The molecule has 2 rings (SSSR count). The van der Waals surface area contributed by atoms with Gasteiger partial charge in [0.25, 0.3) is 5.91 Å². The number of nitrogens with two attached hydrogens (primary N) is 1. The summed E-state index contributed by atoms with van der Waals surface area (Å²) in [5, 5.41) is 9.09. The molecule has 100 valence electrons. The molecule has 5 nitrogen and oxygen atoms in total. The van der Waals surface area contributed by atoms with Crippen LogP contribution in [0.4, 0.5) is 11.5 Å². The molecule has 1 aromatic carbocycles. The van der Waals surface area contributed by atoms with Crippen molar-refractivity contribution >= 4 is 17.4 Å². The summed E-state index contributed by atoms with van der Waals surface area (Å²) in [6, 6.07) is 12.2. The molecule has 0 saturated heterocycles. The molecule has 0 bridgehead atoms. The average molecular weight is 266 g/mol. The number of anilines is 2. The van der Waals surface area contributed by atoms with Crippen molar-refractivity contribution in [2.75, 3.05) is 17.7 Å². The number of para-hydroxylation sites is 1. The maximum absolute atomic E-state index is 12.5. The SMILES string of the molecule is Cc1cc(C(=O)N(C)c2ccccc2C#N)cc(N)n1. The van der Waals surface area contributed by atoms with Gasteiger partial charge in [0, 0.05) is 18.3 Å². The first kappa shape index (κ1) is 13.6. The lowest BCUT2D eigenvalue weighted by Gasteiger charge is -2.18. The van der Waals surface area contributed by atoms with Crippen molar-refractivity contribution in [2.45, 2.75) is 6.92 Å². The van der Waals surface area contributed by atoms with Gasteiger partial charge in [0.05, 0.1) is 11.3 Å². The van der Waals surface area contributed by atoms with E-state index in [1.165, 1.54) is 11.0 Å². The third kappa shape index (κ3) is 2.59. The highest BCUT2D eigenvalue weighted by atomic mass is 16.2. The Morgan fingerprint density at radius 2 is 2.05 bits per heavy atom. The van der Waals surface area contributed by atoms with Crippen LogP contribution >= 0.6 is 0 Å². The second-order valence-corrected chi connectivity index (χ2v) is 4.42. The summed E-state index contributed by atoms with van der Waals surface area (Å²) in [5.74, 6) is 0.0696. The molecule has 20 heavy (non-hydrogen) atoms. The summed E-state index contributed by atoms with van der Waals surface area (Å²) in [4.78, 5) is 17.9. The third-order valence-electron chi connectivity index (χ3n) is 2.91. The maximum atomic E-state index is 12.5. The van der Waals surface area contributed by atoms with Crippen LogP contribution in [0.5, 0.6) is 0 Å². The van der Waals surface area contributed by atoms with Gasteiger partial charge < -0.3 is 10.6 Å². The number of aryl methyl sites for hydroxylation is 1. The lowest BCUT2D eigenvalue weighted by molar-refractivity contribution is 0.0993. The van der Waals surface area contributed by atoms with Crippen LogP contribution < -0.4 is 10.6 Å². The number of amides is 1. The van der Waals surface area contributed by atoms with Gasteiger partial charge in [-0.1, -0.05) is 12.1 Å². The van der Waals surface area contributed by atoms with E-state index < -0.39 is 0 Å². The number of carbonyl (C=O) groups excluding carboxylic acids is 1. The minimum absolute atomic E-state index is 0.232. The van der Waals surface area contributed by atoms with Gasteiger partial charge in [0.1, 0.15) is 11.9 Å². The predicted molar refractivity (Wildman–Crippen MR) is 77.3 cm³/mol. The Balaban J connectivity index is 2.40. The van der Waals surface area contributed by atoms with Gasteiger partial charge in [0.2, 0.25) is 0 Å². The van der Waals surface area contributed by atoms with Gasteiger partial charge in [-0.05, 0) is 31.2 Å². The Bertz CT molecular complexity index is 683. The largest absolute Gasteiger partial charge is 0.384 e. The number of hydrogen-bond acceptors (Lipinski definition) is 4. The first-order valence-corrected chi connectivity index (χ1v) is 6.04. The third-order valence-corrected chi connectivity index (χ3v) is 2.91. The van der Waals surface area contributed by atoms with E-state index >= 15 is 0 Å². The molecule has 0 saturated carbocycles. The zero-order chi connectivity index (χ0) is 14.7. The summed E-state index contributed by atoms with van der Waals surface area (Å²) in [6.07, 6.45) is 0. The molecular formula is C15H14N4O. The first-order valence-electron chi connectivity index (χ1n) is 6.04. The van der Waals surface area contributed by atoms with Gasteiger partial charge in [-0.25, -0.2) is 4.98 Å². The Morgan fingerprint density at radius 1 is 1.35 bits per heavy atom. The lowest BCUT2D eigenvalue weighted by Crippen LogP contribution is -2.27. The van der Waals surface area contributed by atoms with E-state index in [0.717, 1.165) is 0 Å². The van der Waals surface area contributed by atoms with Crippen molar-refractivity contribution in [1.82, 2.24) is 4.98 Å². The molecule has 1 aromatic heterocycles. The van der Waals surface area contributed by atoms with Crippen molar-refractivity contribution in [3.8, 4) is 6.07 Å². The molecule has 0 aliphatic heterocycles. The number of benzene rings is 1. The van der Waals surface area contributed by atoms with Crippen molar-refractivity contribution in [3.63, 3.8) is 0 Å². The molecular weight excluding hydrogens is 252 g/mol. The van der Waals surface area contributed by atoms with Crippen LogP contribution in [0.1, 0.15) is 21.6 Å². The quantitative estimate of drug-likeness (QED) is 0.902. The average Bonchev–Trinajstić information content (AvgIpc) is 2.44. The number of hydrogen-bond donors (Lipinski definition) is 1. The van der Waals surface area contributed by atoms with Crippen LogP contribution in [-0.4, -0.2) is 17.9 Å². The van der Waals surface area contributed by atoms with Gasteiger partial charge in [-0.2, -0.15) is 5.26 Å². The van der Waals surface area contributed by atoms with E-state index in [1.54, 1.807) is 44.3 Å². The number of carbonyl (C=O) groups is 1. The number of rotatable bonds is 2. The molecule has 0 aliphatic carbocycles. The van der Waals surface area contributed by atoms with Crippen LogP contribution in [0.2, 0.25) is 0 Å². The zero-order valence-electron chi connectivity index (χ0n) is 11.3. The van der Waals surface area contributed by atoms with Gasteiger partial charge in [-0.15, -0.1) is 0 Å². The fraction of sp³-hybridized carbons (Fsp3) is 0.133. The van der Waals surface area contributed by atoms with Gasteiger partial charge in [-0.3, -0.25) is 4.79 Å². The molecule has 0 unspecified atom stereocenters. The minimum Gasteiger partial charge on any atom is -0.384 e. The van der Waals surface area contributed by atoms with Crippen LogP contribution in [-0.2, 0) is 0 Å². The first-order chi connectivity index (χ1) is 9.52. The summed E-state index contributed by atoms with van der Waals surface area (Å²) in [5.41, 5.74) is 7.79. The second-order valence-electron chi connectivity index (χ2n) is 4.42. The summed E-state index contributed by atoms with van der Waals surface area (Å²) >= 11 is 0. The zero-order valence-corrected chi connectivity index (χ0v) is 11.3. The van der Waals surface area contributed by atoms with Crippen LogP contribution in [0.25, 0.3) is 0 Å². The molecule has 1 amide bonds. The molecule has 5 heteroatoms. The second kappa shape index (κ2) is 5.41. The summed E-state index contributed by atoms with van der Waals surface area (Å²) < 4.78 is 0. The number of nitriles is 1. The molecule has 0 radical (unpaired) electrons. The van der Waals surface area contributed by atoms with Crippen molar-refractivity contribution in [1.29, 1.82) is 5.26 Å². The molecule has 0 aliphatic rings. The highest BCUT2D eigenvalue weighted by Gasteiger charge is 2.17. The Hall–Kier alpha value is -2.87. The number of nitrogens with zero attached hydrogens (tertiary/aromatic N) is 3. The Morgan fingerprint density at radius 3 is 2.70 bits per heavy atom. The minimum atomic E-state index is -0.232. The van der Waals surface area contributed by atoms with Crippen LogP contribution in [0.3, 0.4) is 0 Å². The van der Waals surface area contributed by atoms with Crippen LogP contribution in [0, 0.1) is 18.3 Å². The fourth-order valence-electron chi connectivity index (χ4n) is 1.98. The number of nitrogen functional groups attached to an aromatic ring is 1. The smallest absolute Gasteiger partial charge is 0.258 e. The highest BCUT2D eigenvalue weighted by Crippen LogP contribution is 2.20. The van der Waals surface area contributed by atoms with Gasteiger partial charge in [0.15, 0.2) is 0 Å². The summed E-state index contributed by atoms with van der Waals surface area (Å²) in [7, 11) is 1.63. The standard InChI is InChI=1S/C15H14N4O/c1-10-7-12(8-14(17)18-10)15(20)19(2)13-6-4-3-5-11(13)9-16/h3-8H,1-2H3,(H2,17,18). The van der Waals surface area contributed by atoms with E-state index in [0.29, 0.717) is 28.3 Å². The predicted octanol–water partition coefficient (Wildman–Crippen LogP) is 2.12. The number of aromatic nitrogens is 1. The molecule has 0 spiro atoms. The topological polar surface area (TPSA) is 83.0 Å². The van der Waals surface area contributed by atoms with E-state index in [1.807, 2.05) is 0 Å². The van der Waals surface area contributed by atoms with Crippen LogP contribution in [0.15, 0.2) is 36.4 Å². The lowest BCUT2D eigenvalue weighted by atomic mass is 10.1. The van der Waals surface area contributed by atoms with Crippen molar-refractivity contribution in [3.05, 3.63) is 53.2 Å². The van der Waals surface area contributed by atoms with Crippen molar-refractivity contribution in [2.24, 2.45) is 0 Å². The highest BCUT2D eigenvalue weighted by molar-refractivity contribution is 6.06. The molecule has 2 N–H and O–H groups in total. The molecule has 0 atom stereocenters. The Kier molecular flexibility index (Phi) is 3.67. The molecule has 0 fully saturated rings. The van der Waals surface area contributed by atoms with E-state index in [4.69, 9.17) is 11.0 Å². The number of pyridine rings is 1. The Labute approximate surface area is 117 Å². The normalized spacial score (nSPS) is 9.85. The van der Waals surface area contributed by atoms with Crippen molar-refractivity contribution < 1.29 is 4.79 Å². The summed E-state index contributed by atoms with van der Waals surface area (Å²) in [6.45, 7) is 1.77. The monoisotopic (exact) mass is 266 g/mol. The molecule has 1 heterocycles.